The lowest BCUT2D eigenvalue weighted by Gasteiger charge is -2.32. The van der Waals surface area contributed by atoms with E-state index in [1.807, 2.05) is 26.4 Å². The van der Waals surface area contributed by atoms with Gasteiger partial charge in [-0.25, -0.2) is 4.98 Å². The van der Waals surface area contributed by atoms with Crippen molar-refractivity contribution in [2.45, 2.75) is 64.5 Å². The lowest BCUT2D eigenvalue weighted by Crippen LogP contribution is -2.33. The summed E-state index contributed by atoms with van der Waals surface area (Å²) in [6.45, 7) is 6.41. The Kier molecular flexibility index (Phi) is 3.57. The minimum atomic E-state index is -0.306. The van der Waals surface area contributed by atoms with Crippen LogP contribution >= 0.6 is 0 Å². The fraction of sp³-hybridized carbons (Fsp3) is 0.786. The minimum Gasteiger partial charge on any atom is -0.330 e. The second-order valence-electron chi connectivity index (χ2n) is 6.05. The highest BCUT2D eigenvalue weighted by Gasteiger charge is 2.26. The maximum Gasteiger partial charge on any atom is 0.0951 e. The van der Waals surface area contributed by atoms with Gasteiger partial charge in [0, 0.05) is 12.2 Å². The summed E-state index contributed by atoms with van der Waals surface area (Å²) in [5, 5.41) is 0. The third kappa shape index (κ3) is 2.71. The zero-order valence-electron chi connectivity index (χ0n) is 11.3. The van der Waals surface area contributed by atoms with Crippen LogP contribution in [-0.4, -0.2) is 9.55 Å². The number of rotatable bonds is 3. The highest BCUT2D eigenvalue weighted by atomic mass is 15.1. The number of nitrogens with zero attached hydrogens (tertiary/aromatic N) is 2. The van der Waals surface area contributed by atoms with Gasteiger partial charge in [-0.15, -0.1) is 0 Å². The van der Waals surface area contributed by atoms with Crippen molar-refractivity contribution >= 4 is 0 Å². The monoisotopic (exact) mass is 235 g/mol. The van der Waals surface area contributed by atoms with E-state index < -0.39 is 0 Å². The van der Waals surface area contributed by atoms with Crippen LogP contribution in [-0.2, 0) is 5.54 Å². The van der Waals surface area contributed by atoms with Crippen molar-refractivity contribution in [3.05, 3.63) is 18.2 Å². The topological polar surface area (TPSA) is 43.8 Å². The summed E-state index contributed by atoms with van der Waals surface area (Å²) in [6, 6.07) is 0.524. The van der Waals surface area contributed by atoms with E-state index in [0.717, 1.165) is 11.6 Å². The standard InChI is InChI=1S/C14H25N3/c1-11(12-7-5-4-6-8-12)17-10-16-9-13(17)14(2,3)15/h9-12H,4-8,15H2,1-3H3. The predicted octanol–water partition coefficient (Wildman–Crippen LogP) is 3.22. The lowest BCUT2D eigenvalue weighted by molar-refractivity contribution is 0.254. The second kappa shape index (κ2) is 4.81. The number of hydrogen-bond acceptors (Lipinski definition) is 2. The summed E-state index contributed by atoms with van der Waals surface area (Å²) in [7, 11) is 0. The Balaban J connectivity index is 2.18. The maximum atomic E-state index is 6.21. The van der Waals surface area contributed by atoms with E-state index in [2.05, 4.69) is 16.5 Å². The summed E-state index contributed by atoms with van der Waals surface area (Å²) >= 11 is 0. The smallest absolute Gasteiger partial charge is 0.0951 e. The molecule has 1 aromatic rings. The molecule has 17 heavy (non-hydrogen) atoms. The van der Waals surface area contributed by atoms with E-state index in [-0.39, 0.29) is 5.54 Å². The van der Waals surface area contributed by atoms with Crippen LogP contribution in [0.4, 0.5) is 0 Å². The molecular formula is C14H25N3. The SMILES string of the molecule is CC(C1CCCCC1)n1cncc1C(C)(C)N. The largest absolute Gasteiger partial charge is 0.330 e. The molecule has 1 aliphatic carbocycles. The highest BCUT2D eigenvalue weighted by Crippen LogP contribution is 2.34. The van der Waals surface area contributed by atoms with E-state index >= 15 is 0 Å². The van der Waals surface area contributed by atoms with Gasteiger partial charge in [0.25, 0.3) is 0 Å². The zero-order chi connectivity index (χ0) is 12.5. The van der Waals surface area contributed by atoms with Gasteiger partial charge in [-0.3, -0.25) is 0 Å². The van der Waals surface area contributed by atoms with Gasteiger partial charge >= 0.3 is 0 Å². The molecule has 2 N–H and O–H groups in total. The van der Waals surface area contributed by atoms with E-state index in [1.165, 1.54) is 32.1 Å². The Bertz CT molecular complexity index is 356. The molecule has 1 unspecified atom stereocenters. The molecule has 0 aliphatic heterocycles. The van der Waals surface area contributed by atoms with Crippen LogP contribution < -0.4 is 5.73 Å². The Morgan fingerprint density at radius 3 is 2.59 bits per heavy atom. The molecule has 0 amide bonds. The Labute approximate surface area is 104 Å². The maximum absolute atomic E-state index is 6.21. The first-order chi connectivity index (χ1) is 8.00. The van der Waals surface area contributed by atoms with Crippen molar-refractivity contribution in [1.29, 1.82) is 0 Å². The first kappa shape index (κ1) is 12.6. The molecule has 1 heterocycles. The van der Waals surface area contributed by atoms with E-state index in [1.54, 1.807) is 0 Å². The third-order valence-electron chi connectivity index (χ3n) is 4.10. The normalized spacial score (nSPS) is 20.5. The van der Waals surface area contributed by atoms with Crippen LogP contribution in [0.5, 0.6) is 0 Å². The average molecular weight is 235 g/mol. The fourth-order valence-corrected chi connectivity index (χ4v) is 2.97. The molecule has 2 rings (SSSR count). The van der Waals surface area contributed by atoms with Gasteiger partial charge in [0.15, 0.2) is 0 Å². The van der Waals surface area contributed by atoms with Crippen molar-refractivity contribution in [3.8, 4) is 0 Å². The van der Waals surface area contributed by atoms with Gasteiger partial charge in [0.2, 0.25) is 0 Å². The Morgan fingerprint density at radius 2 is 2.00 bits per heavy atom. The van der Waals surface area contributed by atoms with Crippen molar-refractivity contribution in [1.82, 2.24) is 9.55 Å². The fourth-order valence-electron chi connectivity index (χ4n) is 2.97. The molecule has 1 atom stereocenters. The summed E-state index contributed by atoms with van der Waals surface area (Å²) < 4.78 is 2.29. The van der Waals surface area contributed by atoms with Crippen LogP contribution in [0, 0.1) is 5.92 Å². The lowest BCUT2D eigenvalue weighted by atomic mass is 9.84. The van der Waals surface area contributed by atoms with Gasteiger partial charge in [0.05, 0.1) is 17.6 Å². The first-order valence-corrected chi connectivity index (χ1v) is 6.81. The highest BCUT2D eigenvalue weighted by molar-refractivity contribution is 5.11. The van der Waals surface area contributed by atoms with Crippen molar-refractivity contribution in [2.75, 3.05) is 0 Å². The predicted molar refractivity (Wildman–Crippen MR) is 70.7 cm³/mol. The van der Waals surface area contributed by atoms with Crippen molar-refractivity contribution in [2.24, 2.45) is 11.7 Å². The van der Waals surface area contributed by atoms with E-state index in [9.17, 15) is 0 Å². The summed E-state index contributed by atoms with van der Waals surface area (Å²) in [4.78, 5) is 4.29. The molecule has 1 aliphatic rings. The molecule has 1 aromatic heterocycles. The number of hydrogen-bond donors (Lipinski definition) is 1. The van der Waals surface area contributed by atoms with Gasteiger partial charge in [-0.2, -0.15) is 0 Å². The van der Waals surface area contributed by atoms with Gasteiger partial charge in [-0.05, 0) is 39.5 Å². The van der Waals surface area contributed by atoms with Crippen LogP contribution in [0.25, 0.3) is 0 Å². The van der Waals surface area contributed by atoms with Gasteiger partial charge < -0.3 is 10.3 Å². The molecule has 1 saturated carbocycles. The molecule has 0 saturated heterocycles. The van der Waals surface area contributed by atoms with Gasteiger partial charge in [-0.1, -0.05) is 19.3 Å². The van der Waals surface area contributed by atoms with Crippen LogP contribution in [0.3, 0.4) is 0 Å². The summed E-state index contributed by atoms with van der Waals surface area (Å²) in [5.41, 5.74) is 7.05. The third-order valence-corrected chi connectivity index (χ3v) is 4.10. The number of imidazole rings is 1. The van der Waals surface area contributed by atoms with Gasteiger partial charge in [0.1, 0.15) is 0 Å². The first-order valence-electron chi connectivity index (χ1n) is 6.81. The van der Waals surface area contributed by atoms with Crippen molar-refractivity contribution in [3.63, 3.8) is 0 Å². The summed E-state index contributed by atoms with van der Waals surface area (Å²) in [6.07, 6.45) is 10.7. The second-order valence-corrected chi connectivity index (χ2v) is 6.05. The Hall–Kier alpha value is -0.830. The molecule has 3 heteroatoms. The molecular weight excluding hydrogens is 210 g/mol. The number of aromatic nitrogens is 2. The van der Waals surface area contributed by atoms with Crippen molar-refractivity contribution < 1.29 is 0 Å². The Morgan fingerprint density at radius 1 is 1.35 bits per heavy atom. The molecule has 0 radical (unpaired) electrons. The van der Waals surface area contributed by atoms with Crippen LogP contribution in [0.1, 0.15) is 64.6 Å². The summed E-state index contributed by atoms with van der Waals surface area (Å²) in [5.74, 6) is 0.791. The molecule has 96 valence electrons. The quantitative estimate of drug-likeness (QED) is 0.874. The van der Waals surface area contributed by atoms with E-state index in [0.29, 0.717) is 6.04 Å². The average Bonchev–Trinajstić information content (AvgIpc) is 2.78. The van der Waals surface area contributed by atoms with Crippen LogP contribution in [0.15, 0.2) is 12.5 Å². The molecule has 0 spiro atoms. The molecule has 0 bridgehead atoms. The number of nitrogens with two attached hydrogens (primary N) is 1. The molecule has 3 nitrogen and oxygen atoms in total. The zero-order valence-corrected chi connectivity index (χ0v) is 11.3. The molecule has 0 aromatic carbocycles. The van der Waals surface area contributed by atoms with Crippen LogP contribution in [0.2, 0.25) is 0 Å². The van der Waals surface area contributed by atoms with E-state index in [4.69, 9.17) is 5.73 Å². The molecule has 1 fully saturated rings. The minimum absolute atomic E-state index is 0.306.